The van der Waals surface area contributed by atoms with Gasteiger partial charge in [-0.3, -0.25) is 0 Å². The van der Waals surface area contributed by atoms with Gasteiger partial charge in [0.05, 0.1) is 18.5 Å². The van der Waals surface area contributed by atoms with E-state index in [1.165, 1.54) is 0 Å². The van der Waals surface area contributed by atoms with Gasteiger partial charge in [-0.15, -0.1) is 0 Å². The first-order valence-corrected chi connectivity index (χ1v) is 7.57. The SMILES string of the molecule is COc1ccc(-c2cc(-c3cc(C)c(C)cc3O)nc(N)n2)cc1. The average Bonchev–Trinajstić information content (AvgIpc) is 2.57. The smallest absolute Gasteiger partial charge is 0.221 e. The number of nitrogens with zero attached hydrogens (tertiary/aromatic N) is 2. The predicted molar refractivity (Wildman–Crippen MR) is 95.0 cm³/mol. The normalized spacial score (nSPS) is 10.6. The molecule has 0 fully saturated rings. The van der Waals surface area contributed by atoms with Crippen LogP contribution in [0, 0.1) is 13.8 Å². The van der Waals surface area contributed by atoms with Gasteiger partial charge < -0.3 is 15.6 Å². The molecule has 0 radical (unpaired) electrons. The molecule has 0 aliphatic rings. The lowest BCUT2D eigenvalue weighted by Crippen LogP contribution is -1.99. The lowest BCUT2D eigenvalue weighted by molar-refractivity contribution is 0.415. The number of nitrogen functional groups attached to an aromatic ring is 1. The van der Waals surface area contributed by atoms with Gasteiger partial charge >= 0.3 is 0 Å². The second kappa shape index (κ2) is 6.20. The van der Waals surface area contributed by atoms with E-state index in [1.807, 2.05) is 50.2 Å². The minimum atomic E-state index is 0.163. The van der Waals surface area contributed by atoms with Crippen molar-refractivity contribution in [2.45, 2.75) is 13.8 Å². The molecule has 3 rings (SSSR count). The van der Waals surface area contributed by atoms with Crippen molar-refractivity contribution < 1.29 is 9.84 Å². The Morgan fingerprint density at radius 3 is 2.21 bits per heavy atom. The van der Waals surface area contributed by atoms with Crippen LogP contribution < -0.4 is 10.5 Å². The highest BCUT2D eigenvalue weighted by atomic mass is 16.5. The quantitative estimate of drug-likeness (QED) is 0.768. The first-order chi connectivity index (χ1) is 11.5. The zero-order chi connectivity index (χ0) is 17.3. The molecule has 1 aromatic heterocycles. The largest absolute Gasteiger partial charge is 0.507 e. The average molecular weight is 321 g/mol. The van der Waals surface area contributed by atoms with E-state index in [1.54, 1.807) is 13.2 Å². The highest BCUT2D eigenvalue weighted by Crippen LogP contribution is 2.33. The summed E-state index contributed by atoms with van der Waals surface area (Å²) in [7, 11) is 1.62. The second-order valence-corrected chi connectivity index (χ2v) is 5.68. The fourth-order valence-corrected chi connectivity index (χ4v) is 2.52. The van der Waals surface area contributed by atoms with Crippen molar-refractivity contribution in [1.29, 1.82) is 0 Å². The van der Waals surface area contributed by atoms with Gasteiger partial charge in [-0.2, -0.15) is 0 Å². The van der Waals surface area contributed by atoms with Crippen LogP contribution in [0.25, 0.3) is 22.5 Å². The summed E-state index contributed by atoms with van der Waals surface area (Å²) in [5.74, 6) is 1.11. The maximum atomic E-state index is 10.3. The molecule has 1 heterocycles. The number of phenols is 1. The van der Waals surface area contributed by atoms with Crippen molar-refractivity contribution >= 4 is 5.95 Å². The van der Waals surface area contributed by atoms with E-state index in [-0.39, 0.29) is 11.7 Å². The summed E-state index contributed by atoms with van der Waals surface area (Å²) in [6.07, 6.45) is 0. The van der Waals surface area contributed by atoms with Crippen molar-refractivity contribution in [3.63, 3.8) is 0 Å². The Morgan fingerprint density at radius 2 is 1.54 bits per heavy atom. The number of aryl methyl sites for hydroxylation is 2. The van der Waals surface area contributed by atoms with Crippen LogP contribution in [0.3, 0.4) is 0 Å². The number of rotatable bonds is 3. The molecule has 5 nitrogen and oxygen atoms in total. The Morgan fingerprint density at radius 1 is 0.917 bits per heavy atom. The van der Waals surface area contributed by atoms with Crippen LogP contribution in [-0.4, -0.2) is 22.2 Å². The minimum Gasteiger partial charge on any atom is -0.507 e. The molecule has 122 valence electrons. The first-order valence-electron chi connectivity index (χ1n) is 7.57. The molecule has 0 aliphatic heterocycles. The molecule has 3 N–H and O–H groups in total. The number of anilines is 1. The van der Waals surface area contributed by atoms with E-state index in [4.69, 9.17) is 10.5 Å². The third-order valence-electron chi connectivity index (χ3n) is 4.02. The molecular formula is C19H19N3O2. The number of phenolic OH excluding ortho intramolecular Hbond substituents is 1. The maximum Gasteiger partial charge on any atom is 0.221 e. The van der Waals surface area contributed by atoms with Gasteiger partial charge in [0.1, 0.15) is 11.5 Å². The molecule has 2 aromatic carbocycles. The fraction of sp³-hybridized carbons (Fsp3) is 0.158. The van der Waals surface area contributed by atoms with E-state index in [0.717, 1.165) is 22.4 Å². The Bertz CT molecular complexity index is 890. The van der Waals surface area contributed by atoms with Crippen molar-refractivity contribution in [3.8, 4) is 34.0 Å². The number of aromatic nitrogens is 2. The molecule has 0 bridgehead atoms. The van der Waals surface area contributed by atoms with Gasteiger partial charge in [-0.25, -0.2) is 9.97 Å². The fourth-order valence-electron chi connectivity index (χ4n) is 2.52. The molecule has 0 atom stereocenters. The molecular weight excluding hydrogens is 302 g/mol. The van der Waals surface area contributed by atoms with E-state index in [2.05, 4.69) is 9.97 Å². The standard InChI is InChI=1S/C19H19N3O2/c1-11-8-15(18(23)9-12(11)2)17-10-16(21-19(20)22-17)13-4-6-14(24-3)7-5-13/h4-10,23H,1-3H3,(H2,20,21,22). The lowest BCUT2D eigenvalue weighted by Gasteiger charge is -2.10. The third kappa shape index (κ3) is 3.01. The molecule has 0 amide bonds. The van der Waals surface area contributed by atoms with Crippen LogP contribution in [0.2, 0.25) is 0 Å². The second-order valence-electron chi connectivity index (χ2n) is 5.68. The van der Waals surface area contributed by atoms with Gasteiger partial charge in [0.25, 0.3) is 0 Å². The zero-order valence-corrected chi connectivity index (χ0v) is 13.9. The van der Waals surface area contributed by atoms with Gasteiger partial charge in [-0.05, 0) is 67.4 Å². The van der Waals surface area contributed by atoms with Crippen molar-refractivity contribution in [2.75, 3.05) is 12.8 Å². The van der Waals surface area contributed by atoms with Gasteiger partial charge in [-0.1, -0.05) is 0 Å². The van der Waals surface area contributed by atoms with Gasteiger partial charge in [0, 0.05) is 11.1 Å². The highest BCUT2D eigenvalue weighted by Gasteiger charge is 2.12. The number of nitrogens with two attached hydrogens (primary N) is 1. The zero-order valence-electron chi connectivity index (χ0n) is 13.9. The van der Waals surface area contributed by atoms with Gasteiger partial charge in [0.2, 0.25) is 5.95 Å². The van der Waals surface area contributed by atoms with E-state index >= 15 is 0 Å². The summed E-state index contributed by atoms with van der Waals surface area (Å²) < 4.78 is 5.17. The number of aromatic hydroxyl groups is 1. The van der Waals surface area contributed by atoms with Crippen LogP contribution in [0.15, 0.2) is 42.5 Å². The Balaban J connectivity index is 2.11. The van der Waals surface area contributed by atoms with Crippen LogP contribution in [0.4, 0.5) is 5.95 Å². The Hall–Kier alpha value is -3.08. The van der Waals surface area contributed by atoms with E-state index in [9.17, 15) is 5.11 Å². The summed E-state index contributed by atoms with van der Waals surface area (Å²) in [6, 6.07) is 13.0. The van der Waals surface area contributed by atoms with Crippen LogP contribution in [0.1, 0.15) is 11.1 Å². The molecule has 0 unspecified atom stereocenters. The van der Waals surface area contributed by atoms with Crippen LogP contribution in [-0.2, 0) is 0 Å². The maximum absolute atomic E-state index is 10.3. The van der Waals surface area contributed by atoms with E-state index < -0.39 is 0 Å². The summed E-state index contributed by atoms with van der Waals surface area (Å²) in [5.41, 5.74) is 10.8. The summed E-state index contributed by atoms with van der Waals surface area (Å²) in [4.78, 5) is 8.58. The molecule has 0 spiro atoms. The van der Waals surface area contributed by atoms with Crippen LogP contribution >= 0.6 is 0 Å². The Kier molecular flexibility index (Phi) is 4.08. The van der Waals surface area contributed by atoms with E-state index in [0.29, 0.717) is 17.0 Å². The molecule has 3 aromatic rings. The van der Waals surface area contributed by atoms with Crippen molar-refractivity contribution in [2.24, 2.45) is 0 Å². The minimum absolute atomic E-state index is 0.163. The topological polar surface area (TPSA) is 81.3 Å². The highest BCUT2D eigenvalue weighted by molar-refractivity contribution is 5.74. The first kappa shape index (κ1) is 15.8. The number of ether oxygens (including phenoxy) is 1. The predicted octanol–water partition coefficient (Wildman–Crippen LogP) is 3.72. The van der Waals surface area contributed by atoms with Crippen LogP contribution in [0.5, 0.6) is 11.5 Å². The molecule has 24 heavy (non-hydrogen) atoms. The number of methoxy groups -OCH3 is 1. The molecule has 0 saturated carbocycles. The number of hydrogen-bond donors (Lipinski definition) is 2. The lowest BCUT2D eigenvalue weighted by atomic mass is 10.0. The summed E-state index contributed by atoms with van der Waals surface area (Å²) >= 11 is 0. The molecule has 0 saturated heterocycles. The number of benzene rings is 2. The number of hydrogen-bond acceptors (Lipinski definition) is 5. The molecule has 5 heteroatoms. The molecule has 0 aliphatic carbocycles. The van der Waals surface area contributed by atoms with Gasteiger partial charge in [0.15, 0.2) is 0 Å². The monoisotopic (exact) mass is 321 g/mol. The van der Waals surface area contributed by atoms with Crippen molar-refractivity contribution in [3.05, 3.63) is 53.6 Å². The Labute approximate surface area is 140 Å². The summed E-state index contributed by atoms with van der Waals surface area (Å²) in [5, 5.41) is 10.3. The summed E-state index contributed by atoms with van der Waals surface area (Å²) in [6.45, 7) is 3.95. The van der Waals surface area contributed by atoms with Crippen molar-refractivity contribution in [1.82, 2.24) is 9.97 Å². The third-order valence-corrected chi connectivity index (χ3v) is 4.02.